The number of nitrogens with zero attached hydrogens (tertiary/aromatic N) is 2. The molecular formula is C16H23N3O2S. The van der Waals surface area contributed by atoms with Crippen LogP contribution in [0.3, 0.4) is 0 Å². The van der Waals surface area contributed by atoms with E-state index in [1.807, 2.05) is 11.8 Å². The van der Waals surface area contributed by atoms with Crippen LogP contribution in [0, 0.1) is 12.3 Å². The van der Waals surface area contributed by atoms with Crippen molar-refractivity contribution >= 4 is 16.0 Å². The Kier molecular flexibility index (Phi) is 4.12. The molecule has 0 amide bonds. The summed E-state index contributed by atoms with van der Waals surface area (Å²) in [6, 6.07) is 7.18. The molecule has 0 aromatic heterocycles. The van der Waals surface area contributed by atoms with E-state index in [0.29, 0.717) is 19.1 Å². The number of rotatable bonds is 3. The van der Waals surface area contributed by atoms with Crippen LogP contribution in [-0.4, -0.2) is 42.7 Å². The molecule has 0 spiro atoms. The highest BCUT2D eigenvalue weighted by molar-refractivity contribution is 7.89. The van der Waals surface area contributed by atoms with Gasteiger partial charge in [0, 0.05) is 12.6 Å². The van der Waals surface area contributed by atoms with Crippen molar-refractivity contribution in [1.29, 1.82) is 5.41 Å². The van der Waals surface area contributed by atoms with Gasteiger partial charge < -0.3 is 4.90 Å². The van der Waals surface area contributed by atoms with Crippen LogP contribution in [0.2, 0.25) is 0 Å². The molecule has 1 saturated carbocycles. The molecule has 2 aliphatic rings. The Balaban J connectivity index is 1.80. The summed E-state index contributed by atoms with van der Waals surface area (Å²) in [5.41, 5.74) is 1.03. The number of guanidine groups is 1. The Morgan fingerprint density at radius 3 is 2.32 bits per heavy atom. The second kappa shape index (κ2) is 5.91. The molecule has 1 heterocycles. The SMILES string of the molecule is Cc1ccc(S(=O)(=O)N2CCN(C3CCCCC3)C2=N)cc1. The topological polar surface area (TPSA) is 64.5 Å². The smallest absolute Gasteiger partial charge is 0.266 e. The first kappa shape index (κ1) is 15.3. The van der Waals surface area contributed by atoms with Gasteiger partial charge in [0.25, 0.3) is 10.0 Å². The van der Waals surface area contributed by atoms with Crippen LogP contribution in [-0.2, 0) is 10.0 Å². The standard InChI is InChI=1S/C16H23N3O2S/c1-13-7-9-15(10-8-13)22(20,21)19-12-11-18(16(19)17)14-5-3-2-4-6-14/h7-10,14,17H,2-6,11-12H2,1H3. The number of hydrogen-bond acceptors (Lipinski definition) is 3. The summed E-state index contributed by atoms with van der Waals surface area (Å²) in [7, 11) is -3.61. The van der Waals surface area contributed by atoms with E-state index in [-0.39, 0.29) is 10.9 Å². The average Bonchev–Trinajstić information content (AvgIpc) is 2.91. The van der Waals surface area contributed by atoms with Gasteiger partial charge in [-0.3, -0.25) is 5.41 Å². The first-order valence-corrected chi connectivity index (χ1v) is 9.39. The van der Waals surface area contributed by atoms with Gasteiger partial charge in [0.1, 0.15) is 0 Å². The normalized spacial score (nSPS) is 20.7. The van der Waals surface area contributed by atoms with Gasteiger partial charge in [-0.25, -0.2) is 12.7 Å². The second-order valence-corrected chi connectivity index (χ2v) is 8.06. The maximum absolute atomic E-state index is 12.7. The van der Waals surface area contributed by atoms with Crippen molar-refractivity contribution in [2.24, 2.45) is 0 Å². The summed E-state index contributed by atoms with van der Waals surface area (Å²) < 4.78 is 26.7. The highest BCUT2D eigenvalue weighted by Gasteiger charge is 2.38. The van der Waals surface area contributed by atoms with Crippen molar-refractivity contribution in [2.75, 3.05) is 13.1 Å². The van der Waals surface area contributed by atoms with Crippen molar-refractivity contribution in [2.45, 2.75) is 50.0 Å². The van der Waals surface area contributed by atoms with E-state index in [1.165, 1.54) is 23.6 Å². The molecule has 1 aromatic rings. The Morgan fingerprint density at radius 2 is 1.68 bits per heavy atom. The van der Waals surface area contributed by atoms with Crippen LogP contribution in [0.4, 0.5) is 0 Å². The van der Waals surface area contributed by atoms with Crippen LogP contribution in [0.5, 0.6) is 0 Å². The van der Waals surface area contributed by atoms with Crippen molar-refractivity contribution in [1.82, 2.24) is 9.21 Å². The Morgan fingerprint density at radius 1 is 1.05 bits per heavy atom. The van der Waals surface area contributed by atoms with Crippen molar-refractivity contribution < 1.29 is 8.42 Å². The zero-order chi connectivity index (χ0) is 15.7. The number of hydrogen-bond donors (Lipinski definition) is 1. The van der Waals surface area contributed by atoms with E-state index in [9.17, 15) is 8.42 Å². The fourth-order valence-corrected chi connectivity index (χ4v) is 4.76. The third-order valence-electron chi connectivity index (χ3n) is 4.68. The van der Waals surface area contributed by atoms with Crippen LogP contribution < -0.4 is 0 Å². The lowest BCUT2D eigenvalue weighted by Gasteiger charge is -2.32. The maximum Gasteiger partial charge on any atom is 0.266 e. The predicted molar refractivity (Wildman–Crippen MR) is 86.4 cm³/mol. The molecule has 0 atom stereocenters. The van der Waals surface area contributed by atoms with Gasteiger partial charge in [-0.15, -0.1) is 0 Å². The van der Waals surface area contributed by atoms with Crippen LogP contribution in [0.1, 0.15) is 37.7 Å². The third-order valence-corrected chi connectivity index (χ3v) is 6.48. The lowest BCUT2D eigenvalue weighted by Crippen LogP contribution is -2.42. The number of benzene rings is 1. The summed E-state index contributed by atoms with van der Waals surface area (Å²) in [4.78, 5) is 2.25. The number of aryl methyl sites for hydroxylation is 1. The number of nitrogens with one attached hydrogen (secondary N) is 1. The molecule has 0 unspecified atom stereocenters. The van der Waals surface area contributed by atoms with E-state index in [0.717, 1.165) is 18.4 Å². The number of sulfonamides is 1. The molecule has 1 aromatic carbocycles. The minimum absolute atomic E-state index is 0.146. The monoisotopic (exact) mass is 321 g/mol. The lowest BCUT2D eigenvalue weighted by molar-refractivity contribution is 0.260. The zero-order valence-corrected chi connectivity index (χ0v) is 13.8. The van der Waals surface area contributed by atoms with E-state index in [2.05, 4.69) is 0 Å². The van der Waals surface area contributed by atoms with E-state index < -0.39 is 10.0 Å². The quantitative estimate of drug-likeness (QED) is 0.930. The highest BCUT2D eigenvalue weighted by atomic mass is 32.2. The molecule has 1 aliphatic carbocycles. The third kappa shape index (κ3) is 2.72. The largest absolute Gasteiger partial charge is 0.337 e. The molecule has 22 heavy (non-hydrogen) atoms. The molecule has 0 bridgehead atoms. The van der Waals surface area contributed by atoms with Crippen LogP contribution >= 0.6 is 0 Å². The van der Waals surface area contributed by atoms with Gasteiger partial charge in [-0.05, 0) is 31.9 Å². The highest BCUT2D eigenvalue weighted by Crippen LogP contribution is 2.28. The first-order chi connectivity index (χ1) is 10.5. The molecular weight excluding hydrogens is 298 g/mol. The van der Waals surface area contributed by atoms with Gasteiger partial charge in [0.2, 0.25) is 5.96 Å². The molecule has 0 radical (unpaired) electrons. The van der Waals surface area contributed by atoms with Gasteiger partial charge in [0.05, 0.1) is 11.4 Å². The average molecular weight is 321 g/mol. The molecule has 3 rings (SSSR count). The fourth-order valence-electron chi connectivity index (χ4n) is 3.37. The molecule has 1 aliphatic heterocycles. The van der Waals surface area contributed by atoms with Gasteiger partial charge >= 0.3 is 0 Å². The first-order valence-electron chi connectivity index (χ1n) is 7.95. The van der Waals surface area contributed by atoms with Crippen LogP contribution in [0.25, 0.3) is 0 Å². The summed E-state index contributed by atoms with van der Waals surface area (Å²) in [5.74, 6) is 0.146. The molecule has 1 saturated heterocycles. The van der Waals surface area contributed by atoms with Gasteiger partial charge in [-0.2, -0.15) is 0 Å². The Bertz CT molecular complexity index is 648. The maximum atomic E-state index is 12.7. The van der Waals surface area contributed by atoms with Gasteiger partial charge in [-0.1, -0.05) is 37.0 Å². The van der Waals surface area contributed by atoms with Crippen molar-refractivity contribution in [3.63, 3.8) is 0 Å². The van der Waals surface area contributed by atoms with E-state index >= 15 is 0 Å². The Labute approximate surface area is 132 Å². The molecule has 2 fully saturated rings. The van der Waals surface area contributed by atoms with Gasteiger partial charge in [0.15, 0.2) is 0 Å². The zero-order valence-electron chi connectivity index (χ0n) is 13.0. The van der Waals surface area contributed by atoms with Crippen molar-refractivity contribution in [3.05, 3.63) is 29.8 Å². The van der Waals surface area contributed by atoms with Crippen LogP contribution in [0.15, 0.2) is 29.2 Å². The minimum atomic E-state index is -3.61. The minimum Gasteiger partial charge on any atom is -0.337 e. The van der Waals surface area contributed by atoms with Crippen molar-refractivity contribution in [3.8, 4) is 0 Å². The summed E-state index contributed by atoms with van der Waals surface area (Å²) in [6.45, 7) is 2.94. The summed E-state index contributed by atoms with van der Waals surface area (Å²) in [5, 5.41) is 8.32. The predicted octanol–water partition coefficient (Wildman–Crippen LogP) is 2.57. The molecule has 1 N–H and O–H groups in total. The second-order valence-electron chi connectivity index (χ2n) is 6.20. The molecule has 6 heteroatoms. The van der Waals surface area contributed by atoms with E-state index in [4.69, 9.17) is 5.41 Å². The molecule has 5 nitrogen and oxygen atoms in total. The summed E-state index contributed by atoms with van der Waals surface area (Å²) in [6.07, 6.45) is 5.75. The summed E-state index contributed by atoms with van der Waals surface area (Å²) >= 11 is 0. The van der Waals surface area contributed by atoms with E-state index in [1.54, 1.807) is 24.3 Å². The lowest BCUT2D eigenvalue weighted by atomic mass is 9.94. The fraction of sp³-hybridized carbons (Fsp3) is 0.562. The Hall–Kier alpha value is -1.56. The molecule has 120 valence electrons.